The van der Waals surface area contributed by atoms with Crippen molar-refractivity contribution in [2.45, 2.75) is 51.1 Å². The number of rotatable bonds is 12. The number of guanidine groups is 1. The van der Waals surface area contributed by atoms with Gasteiger partial charge in [0.05, 0.1) is 21.3 Å². The second kappa shape index (κ2) is 16.0. The van der Waals surface area contributed by atoms with Gasteiger partial charge in [-0.1, -0.05) is 12.8 Å². The number of esters is 1. The van der Waals surface area contributed by atoms with E-state index in [1.54, 1.807) is 21.3 Å². The summed E-state index contributed by atoms with van der Waals surface area (Å²) in [5, 5.41) is 6.94. The van der Waals surface area contributed by atoms with Gasteiger partial charge in [-0.25, -0.2) is 0 Å². The van der Waals surface area contributed by atoms with E-state index in [0.717, 1.165) is 75.7 Å². The van der Waals surface area contributed by atoms with Crippen LogP contribution < -0.4 is 20.1 Å². The topological polar surface area (TPSA) is 84.4 Å². The zero-order valence-corrected chi connectivity index (χ0v) is 22.1. The monoisotopic (exact) mass is 562 g/mol. The van der Waals surface area contributed by atoms with Crippen molar-refractivity contribution in [3.63, 3.8) is 0 Å². The first-order valence-corrected chi connectivity index (χ1v) is 11.1. The molecule has 1 fully saturated rings. The summed E-state index contributed by atoms with van der Waals surface area (Å²) in [5.74, 6) is 2.36. The van der Waals surface area contributed by atoms with Gasteiger partial charge in [-0.2, -0.15) is 0 Å². The van der Waals surface area contributed by atoms with E-state index in [0.29, 0.717) is 12.5 Å². The van der Waals surface area contributed by atoms with Crippen LogP contribution in [0.1, 0.15) is 44.1 Å². The van der Waals surface area contributed by atoms with Crippen LogP contribution in [0.4, 0.5) is 0 Å². The SMILES string of the molecule is CN=C(NCCCCCCC(=O)OC)NC1CCN(Cc2cc(OC)cc(OC)c2)C1.I. The first-order valence-electron chi connectivity index (χ1n) is 11.1. The second-order valence-corrected chi connectivity index (χ2v) is 7.83. The molecule has 32 heavy (non-hydrogen) atoms. The van der Waals surface area contributed by atoms with E-state index in [4.69, 9.17) is 9.47 Å². The molecule has 1 aromatic rings. The maximum atomic E-state index is 11.1. The summed E-state index contributed by atoms with van der Waals surface area (Å²) < 4.78 is 15.4. The Labute approximate surface area is 209 Å². The van der Waals surface area contributed by atoms with Gasteiger partial charge >= 0.3 is 5.97 Å². The summed E-state index contributed by atoms with van der Waals surface area (Å²) in [4.78, 5) is 17.9. The normalized spacial score (nSPS) is 16.2. The maximum Gasteiger partial charge on any atom is 0.305 e. The number of benzene rings is 1. The van der Waals surface area contributed by atoms with Crippen LogP contribution in [0.25, 0.3) is 0 Å². The number of hydrogen-bond acceptors (Lipinski definition) is 6. The molecule has 1 heterocycles. The van der Waals surface area contributed by atoms with Gasteiger partial charge in [0, 0.05) is 51.8 Å². The van der Waals surface area contributed by atoms with Gasteiger partial charge in [0.1, 0.15) is 11.5 Å². The molecular formula is C23H39IN4O4. The summed E-state index contributed by atoms with van der Waals surface area (Å²) in [7, 11) is 6.59. The van der Waals surface area contributed by atoms with Crippen LogP contribution in [0.5, 0.6) is 11.5 Å². The number of hydrogen-bond donors (Lipinski definition) is 2. The third kappa shape index (κ3) is 10.2. The number of methoxy groups -OCH3 is 3. The van der Waals surface area contributed by atoms with Crippen LogP contribution in [0.2, 0.25) is 0 Å². The number of halogens is 1. The predicted molar refractivity (Wildman–Crippen MR) is 138 cm³/mol. The number of nitrogens with zero attached hydrogens (tertiary/aromatic N) is 2. The van der Waals surface area contributed by atoms with Crippen molar-refractivity contribution in [3.05, 3.63) is 23.8 Å². The average molecular weight is 562 g/mol. The van der Waals surface area contributed by atoms with E-state index in [2.05, 4.69) is 37.4 Å². The lowest BCUT2D eigenvalue weighted by Crippen LogP contribution is -2.44. The molecule has 182 valence electrons. The number of ether oxygens (including phenoxy) is 3. The molecule has 0 saturated carbocycles. The zero-order valence-electron chi connectivity index (χ0n) is 19.8. The van der Waals surface area contributed by atoms with Crippen LogP contribution in [-0.4, -0.2) is 70.9 Å². The van der Waals surface area contributed by atoms with Gasteiger partial charge in [0.2, 0.25) is 0 Å². The molecule has 1 aliphatic rings. The van der Waals surface area contributed by atoms with E-state index >= 15 is 0 Å². The summed E-state index contributed by atoms with van der Waals surface area (Å²) in [6.07, 6.45) is 5.65. The first kappa shape index (κ1) is 28.3. The molecule has 1 saturated heterocycles. The highest BCUT2D eigenvalue weighted by Crippen LogP contribution is 2.24. The van der Waals surface area contributed by atoms with Crippen molar-refractivity contribution in [1.82, 2.24) is 15.5 Å². The molecule has 2 N–H and O–H groups in total. The molecule has 0 aliphatic carbocycles. The Hall–Kier alpha value is -1.75. The smallest absolute Gasteiger partial charge is 0.305 e. The highest BCUT2D eigenvalue weighted by atomic mass is 127. The Morgan fingerprint density at radius 1 is 1.09 bits per heavy atom. The zero-order chi connectivity index (χ0) is 22.5. The Morgan fingerprint density at radius 3 is 2.41 bits per heavy atom. The first-order chi connectivity index (χ1) is 15.1. The van der Waals surface area contributed by atoms with Gasteiger partial charge in [-0.15, -0.1) is 24.0 Å². The lowest BCUT2D eigenvalue weighted by atomic mass is 10.1. The van der Waals surface area contributed by atoms with Gasteiger partial charge in [0.15, 0.2) is 5.96 Å². The fourth-order valence-corrected chi connectivity index (χ4v) is 3.75. The molecule has 1 aromatic carbocycles. The lowest BCUT2D eigenvalue weighted by Gasteiger charge is -2.19. The van der Waals surface area contributed by atoms with E-state index < -0.39 is 0 Å². The van der Waals surface area contributed by atoms with Gasteiger partial charge in [-0.3, -0.25) is 14.7 Å². The van der Waals surface area contributed by atoms with E-state index in [1.807, 2.05) is 6.07 Å². The van der Waals surface area contributed by atoms with Gasteiger partial charge < -0.3 is 24.8 Å². The highest BCUT2D eigenvalue weighted by molar-refractivity contribution is 14.0. The molecular weight excluding hydrogens is 523 g/mol. The molecule has 1 aliphatic heterocycles. The summed E-state index contributed by atoms with van der Waals surface area (Å²) in [6.45, 7) is 3.74. The molecule has 0 aromatic heterocycles. The van der Waals surface area contributed by atoms with Crippen LogP contribution in [-0.2, 0) is 16.1 Å². The number of likely N-dealkylation sites (tertiary alicyclic amines) is 1. The Balaban J connectivity index is 0.00000512. The number of aliphatic imine (C=N–C) groups is 1. The minimum atomic E-state index is -0.126. The molecule has 2 rings (SSSR count). The molecule has 9 heteroatoms. The lowest BCUT2D eigenvalue weighted by molar-refractivity contribution is -0.140. The summed E-state index contributed by atoms with van der Waals surface area (Å²) in [5.41, 5.74) is 1.19. The molecule has 0 spiro atoms. The van der Waals surface area contributed by atoms with Crippen molar-refractivity contribution in [1.29, 1.82) is 0 Å². The fraction of sp³-hybridized carbons (Fsp3) is 0.652. The number of carbonyl (C=O) groups is 1. The molecule has 0 amide bonds. The fourth-order valence-electron chi connectivity index (χ4n) is 3.75. The molecule has 1 unspecified atom stereocenters. The molecule has 0 bridgehead atoms. The van der Waals surface area contributed by atoms with Crippen molar-refractivity contribution in [2.75, 3.05) is 48.0 Å². The largest absolute Gasteiger partial charge is 0.497 e. The van der Waals surface area contributed by atoms with Crippen molar-refractivity contribution in [3.8, 4) is 11.5 Å². The highest BCUT2D eigenvalue weighted by Gasteiger charge is 2.23. The van der Waals surface area contributed by atoms with E-state index in [1.165, 1.54) is 12.7 Å². The van der Waals surface area contributed by atoms with Crippen molar-refractivity contribution >= 4 is 35.9 Å². The predicted octanol–water partition coefficient (Wildman–Crippen LogP) is 3.18. The second-order valence-electron chi connectivity index (χ2n) is 7.83. The summed E-state index contributed by atoms with van der Waals surface area (Å²) >= 11 is 0. The van der Waals surface area contributed by atoms with Gasteiger partial charge in [-0.05, 0) is 37.0 Å². The Kier molecular flexibility index (Phi) is 14.1. The van der Waals surface area contributed by atoms with Crippen LogP contribution >= 0.6 is 24.0 Å². The van der Waals surface area contributed by atoms with Crippen molar-refractivity contribution in [2.24, 2.45) is 4.99 Å². The quantitative estimate of drug-likeness (QED) is 0.133. The molecule has 8 nitrogen and oxygen atoms in total. The Morgan fingerprint density at radius 2 is 1.78 bits per heavy atom. The number of carbonyl (C=O) groups excluding carboxylic acids is 1. The van der Waals surface area contributed by atoms with E-state index in [-0.39, 0.29) is 29.9 Å². The number of nitrogens with one attached hydrogen (secondary N) is 2. The molecule has 1 atom stereocenters. The minimum absolute atomic E-state index is 0. The third-order valence-electron chi connectivity index (χ3n) is 5.48. The van der Waals surface area contributed by atoms with Gasteiger partial charge in [0.25, 0.3) is 0 Å². The van der Waals surface area contributed by atoms with Crippen molar-refractivity contribution < 1.29 is 19.0 Å². The number of unbranched alkanes of at least 4 members (excludes halogenated alkanes) is 3. The average Bonchev–Trinajstić information content (AvgIpc) is 3.23. The Bertz CT molecular complexity index is 695. The van der Waals surface area contributed by atoms with E-state index in [9.17, 15) is 4.79 Å². The maximum absolute atomic E-state index is 11.1. The van der Waals surface area contributed by atoms with Crippen LogP contribution in [0.15, 0.2) is 23.2 Å². The van der Waals surface area contributed by atoms with Crippen LogP contribution in [0, 0.1) is 0 Å². The standard InChI is InChI=1S/C23H38N4O4.HI/c1-24-23(25-11-8-6-5-7-9-22(28)31-4)26-19-10-12-27(17-19)16-18-13-20(29-2)15-21(14-18)30-3;/h13-15,19H,5-12,16-17H2,1-4H3,(H2,24,25,26);1H. The summed E-state index contributed by atoms with van der Waals surface area (Å²) in [6, 6.07) is 6.40. The van der Waals surface area contributed by atoms with Crippen LogP contribution in [0.3, 0.4) is 0 Å². The third-order valence-corrected chi connectivity index (χ3v) is 5.48. The molecule has 0 radical (unpaired) electrons. The minimum Gasteiger partial charge on any atom is -0.497 e.